The molecule has 0 aromatic heterocycles. The Bertz CT molecular complexity index is 391. The van der Waals surface area contributed by atoms with Crippen LogP contribution in [0.4, 0.5) is 0 Å². The molecule has 1 aliphatic carbocycles. The van der Waals surface area contributed by atoms with Gasteiger partial charge in [0.05, 0.1) is 6.04 Å². The van der Waals surface area contributed by atoms with Crippen molar-refractivity contribution in [1.29, 1.82) is 0 Å². The van der Waals surface area contributed by atoms with E-state index in [2.05, 4.69) is 49.2 Å². The van der Waals surface area contributed by atoms with Crippen LogP contribution in [0, 0.1) is 5.92 Å². The molecule has 1 spiro atoms. The maximum atomic E-state index is 5.97. The van der Waals surface area contributed by atoms with Gasteiger partial charge < -0.3 is 0 Å². The number of rotatable bonds is 2. The number of nitrogens with zero attached hydrogens (tertiary/aromatic N) is 1. The first-order chi connectivity index (χ1) is 8.21. The highest BCUT2D eigenvalue weighted by molar-refractivity contribution is 5.19. The van der Waals surface area contributed by atoms with Gasteiger partial charge >= 0.3 is 0 Å². The molecule has 4 atom stereocenters. The summed E-state index contributed by atoms with van der Waals surface area (Å²) in [6.45, 7) is 4.58. The second-order valence-corrected chi connectivity index (χ2v) is 5.65. The lowest BCUT2D eigenvalue weighted by atomic mass is 9.85. The van der Waals surface area contributed by atoms with Crippen molar-refractivity contribution in [2.75, 3.05) is 0 Å². The molecule has 3 rings (SSSR count). The predicted molar refractivity (Wildman–Crippen MR) is 68.1 cm³/mol. The van der Waals surface area contributed by atoms with E-state index in [0.717, 1.165) is 5.92 Å². The minimum atomic E-state index is 0.0763. The molecule has 1 aromatic carbocycles. The summed E-state index contributed by atoms with van der Waals surface area (Å²) in [7, 11) is 0. The third-order valence-corrected chi connectivity index (χ3v) is 4.20. The molecular weight excluding hydrogens is 210 g/mol. The standard InChI is InChI=1S/C15H21NO/c1-12-7-6-10-15(11-12)16(17-15)13(2)14-8-4-3-5-9-14/h3-5,8-9,12-13H,6-7,10-11H2,1-2H3/t12-,13+,15+,16?/m1/s1. The molecule has 1 saturated heterocycles. The number of hydrogen-bond acceptors (Lipinski definition) is 2. The zero-order chi connectivity index (χ0) is 11.9. The van der Waals surface area contributed by atoms with Crippen molar-refractivity contribution in [3.05, 3.63) is 35.9 Å². The highest BCUT2D eigenvalue weighted by Crippen LogP contribution is 2.52. The van der Waals surface area contributed by atoms with Gasteiger partial charge in [-0.25, -0.2) is 0 Å². The number of hydrogen-bond donors (Lipinski definition) is 0. The lowest BCUT2D eigenvalue weighted by molar-refractivity contribution is 0.149. The van der Waals surface area contributed by atoms with Gasteiger partial charge in [-0.1, -0.05) is 43.7 Å². The molecule has 2 fully saturated rings. The highest BCUT2D eigenvalue weighted by atomic mass is 16.9. The number of hydroxylamine groups is 2. The summed E-state index contributed by atoms with van der Waals surface area (Å²) >= 11 is 0. The summed E-state index contributed by atoms with van der Waals surface area (Å²) in [6.07, 6.45) is 5.07. The van der Waals surface area contributed by atoms with Gasteiger partial charge in [-0.15, -0.1) is 5.06 Å². The molecule has 0 bridgehead atoms. The van der Waals surface area contributed by atoms with Gasteiger partial charge in [-0.3, -0.25) is 4.84 Å². The maximum Gasteiger partial charge on any atom is 0.165 e. The molecule has 0 radical (unpaired) electrons. The van der Waals surface area contributed by atoms with Gasteiger partial charge in [0.25, 0.3) is 0 Å². The fraction of sp³-hybridized carbons (Fsp3) is 0.600. The van der Waals surface area contributed by atoms with E-state index in [1.54, 1.807) is 0 Å². The van der Waals surface area contributed by atoms with Crippen molar-refractivity contribution in [3.8, 4) is 0 Å². The molecule has 17 heavy (non-hydrogen) atoms. The van der Waals surface area contributed by atoms with Crippen molar-refractivity contribution in [2.45, 2.75) is 51.3 Å². The van der Waals surface area contributed by atoms with E-state index in [-0.39, 0.29) is 5.72 Å². The van der Waals surface area contributed by atoms with Gasteiger partial charge in [0.15, 0.2) is 5.72 Å². The summed E-state index contributed by atoms with van der Waals surface area (Å²) < 4.78 is 0. The minimum Gasteiger partial charge on any atom is -0.271 e. The van der Waals surface area contributed by atoms with Crippen molar-refractivity contribution in [2.24, 2.45) is 5.92 Å². The molecule has 2 nitrogen and oxygen atoms in total. The van der Waals surface area contributed by atoms with E-state index >= 15 is 0 Å². The normalized spacial score (nSPS) is 38.0. The molecule has 92 valence electrons. The van der Waals surface area contributed by atoms with Crippen LogP contribution in [-0.2, 0) is 4.84 Å². The van der Waals surface area contributed by atoms with Gasteiger partial charge in [-0.05, 0) is 37.7 Å². The van der Waals surface area contributed by atoms with Crippen LogP contribution in [0.25, 0.3) is 0 Å². The Hall–Kier alpha value is -0.860. The van der Waals surface area contributed by atoms with Gasteiger partial charge in [0.1, 0.15) is 0 Å². The van der Waals surface area contributed by atoms with Crippen molar-refractivity contribution < 1.29 is 4.84 Å². The first kappa shape index (κ1) is 11.2. The Kier molecular flexibility index (Phi) is 2.72. The molecule has 1 unspecified atom stereocenters. The average molecular weight is 231 g/mol. The zero-order valence-corrected chi connectivity index (χ0v) is 10.7. The summed E-state index contributed by atoms with van der Waals surface area (Å²) in [5.74, 6) is 0.803. The number of benzene rings is 1. The quantitative estimate of drug-likeness (QED) is 0.717. The lowest BCUT2D eigenvalue weighted by Gasteiger charge is -2.24. The van der Waals surface area contributed by atoms with Crippen LogP contribution in [0.5, 0.6) is 0 Å². The summed E-state index contributed by atoms with van der Waals surface area (Å²) in [4.78, 5) is 5.97. The lowest BCUT2D eigenvalue weighted by Crippen LogP contribution is -2.27. The second kappa shape index (κ2) is 4.11. The molecule has 1 aromatic rings. The molecule has 0 amide bonds. The molecule has 2 aliphatic rings. The molecule has 1 heterocycles. The molecular formula is C15H21NO. The minimum absolute atomic E-state index is 0.0763. The Morgan fingerprint density at radius 1 is 1.35 bits per heavy atom. The van der Waals surface area contributed by atoms with Crippen molar-refractivity contribution >= 4 is 0 Å². The highest BCUT2D eigenvalue weighted by Gasteiger charge is 2.58. The summed E-state index contributed by atoms with van der Waals surface area (Å²) in [6, 6.07) is 11.0. The molecule has 1 aliphatic heterocycles. The van der Waals surface area contributed by atoms with Crippen LogP contribution in [0.2, 0.25) is 0 Å². The van der Waals surface area contributed by atoms with Crippen LogP contribution in [0.15, 0.2) is 30.3 Å². The van der Waals surface area contributed by atoms with Crippen LogP contribution in [0.1, 0.15) is 51.1 Å². The first-order valence-corrected chi connectivity index (χ1v) is 6.75. The van der Waals surface area contributed by atoms with E-state index in [4.69, 9.17) is 4.84 Å². The first-order valence-electron chi connectivity index (χ1n) is 6.75. The Morgan fingerprint density at radius 2 is 2.12 bits per heavy atom. The van der Waals surface area contributed by atoms with E-state index in [1.807, 2.05) is 0 Å². The average Bonchev–Trinajstić information content (AvgIpc) is 3.02. The van der Waals surface area contributed by atoms with Crippen LogP contribution >= 0.6 is 0 Å². The predicted octanol–water partition coefficient (Wildman–Crippen LogP) is 3.90. The third kappa shape index (κ3) is 2.00. The molecule has 2 heteroatoms. The van der Waals surface area contributed by atoms with Crippen LogP contribution in [0.3, 0.4) is 0 Å². The van der Waals surface area contributed by atoms with E-state index < -0.39 is 0 Å². The fourth-order valence-electron chi connectivity index (χ4n) is 3.22. The Morgan fingerprint density at radius 3 is 2.82 bits per heavy atom. The second-order valence-electron chi connectivity index (χ2n) is 5.65. The molecule has 0 N–H and O–H groups in total. The summed E-state index contributed by atoms with van der Waals surface area (Å²) in [5, 5.41) is 2.22. The van der Waals surface area contributed by atoms with Gasteiger partial charge in [0, 0.05) is 0 Å². The van der Waals surface area contributed by atoms with Crippen LogP contribution in [-0.4, -0.2) is 10.8 Å². The topological polar surface area (TPSA) is 15.5 Å². The summed E-state index contributed by atoms with van der Waals surface area (Å²) in [5.41, 5.74) is 1.43. The monoisotopic (exact) mass is 231 g/mol. The smallest absolute Gasteiger partial charge is 0.165 e. The Labute approximate surface area is 104 Å². The maximum absolute atomic E-state index is 5.97. The third-order valence-electron chi connectivity index (χ3n) is 4.20. The Balaban J connectivity index is 1.72. The fourth-order valence-corrected chi connectivity index (χ4v) is 3.22. The largest absolute Gasteiger partial charge is 0.271 e. The van der Waals surface area contributed by atoms with Gasteiger partial charge in [0.2, 0.25) is 0 Å². The van der Waals surface area contributed by atoms with E-state index in [9.17, 15) is 0 Å². The van der Waals surface area contributed by atoms with Crippen molar-refractivity contribution in [1.82, 2.24) is 5.06 Å². The zero-order valence-electron chi connectivity index (χ0n) is 10.7. The van der Waals surface area contributed by atoms with Crippen LogP contribution < -0.4 is 0 Å². The molecule has 1 saturated carbocycles. The van der Waals surface area contributed by atoms with E-state index in [0.29, 0.717) is 6.04 Å². The SMILES string of the molecule is C[C@@H]1CCC[C@@]2(C1)ON2[C@@H](C)c1ccccc1. The van der Waals surface area contributed by atoms with E-state index in [1.165, 1.54) is 31.2 Å². The van der Waals surface area contributed by atoms with Gasteiger partial charge in [-0.2, -0.15) is 0 Å². The van der Waals surface area contributed by atoms with Crippen molar-refractivity contribution in [3.63, 3.8) is 0 Å².